The lowest BCUT2D eigenvalue weighted by atomic mass is 9.95. The molecule has 6 heterocycles. The maximum atomic E-state index is 14.7. The van der Waals surface area contributed by atoms with Gasteiger partial charge in [0, 0.05) is 49.4 Å². The Morgan fingerprint density at radius 3 is 0.974 bits per heavy atom. The number of nitriles is 2. The maximum absolute atomic E-state index is 14.7. The Balaban J connectivity index is 1.23. The average molecular weight is 1030 g/mol. The van der Waals surface area contributed by atoms with Crippen LogP contribution in [0.2, 0.25) is 0 Å². The van der Waals surface area contributed by atoms with Gasteiger partial charge in [0.25, 0.3) is 0 Å². The highest BCUT2D eigenvalue weighted by Crippen LogP contribution is 2.44. The lowest BCUT2D eigenvalue weighted by Gasteiger charge is -2.20. The van der Waals surface area contributed by atoms with Crippen molar-refractivity contribution in [3.05, 3.63) is 166 Å². The number of nitrogens with zero attached hydrogens (tertiary/aromatic N) is 16. The molecule has 12 rings (SSSR count). The Bertz CT molecular complexity index is 4340. The number of aryl methyl sites for hydroxylation is 8. The second-order valence-corrected chi connectivity index (χ2v) is 19.0. The van der Waals surface area contributed by atoms with Crippen molar-refractivity contribution in [2.24, 2.45) is 0 Å². The van der Waals surface area contributed by atoms with E-state index in [1.54, 1.807) is 39.8 Å². The molecule has 0 aliphatic rings. The minimum atomic E-state index is -4.80. The Morgan fingerprint density at radius 2 is 0.679 bits per heavy atom. The van der Waals surface area contributed by atoms with E-state index >= 15 is 0 Å². The molecule has 6 aromatic heterocycles. The van der Waals surface area contributed by atoms with Crippen LogP contribution in [0.1, 0.15) is 63.3 Å². The summed E-state index contributed by atoms with van der Waals surface area (Å²) in [5, 5.41) is 24.4. The Hall–Kier alpha value is -10.3. The predicted molar refractivity (Wildman–Crippen MR) is 288 cm³/mol. The Kier molecular flexibility index (Phi) is 11.4. The molecule has 0 amide bonds. The highest BCUT2D eigenvalue weighted by molar-refractivity contribution is 6.14. The van der Waals surface area contributed by atoms with Gasteiger partial charge in [0.1, 0.15) is 46.6 Å². The lowest BCUT2D eigenvalue weighted by Crippen LogP contribution is -2.07. The first-order valence-corrected chi connectivity index (χ1v) is 24.6. The topological polar surface area (TPSA) is 212 Å². The van der Waals surface area contributed by atoms with Crippen molar-refractivity contribution >= 4 is 43.6 Å². The third-order valence-corrected chi connectivity index (χ3v) is 13.4. The first-order valence-electron chi connectivity index (χ1n) is 24.6. The second kappa shape index (κ2) is 18.2. The Labute approximate surface area is 442 Å². The van der Waals surface area contributed by atoms with Crippen molar-refractivity contribution in [2.45, 2.75) is 61.6 Å². The van der Waals surface area contributed by atoms with E-state index in [2.05, 4.69) is 26.0 Å². The van der Waals surface area contributed by atoms with E-state index in [0.717, 1.165) is 44.8 Å². The van der Waals surface area contributed by atoms with Gasteiger partial charge in [-0.25, -0.2) is 59.8 Å². The predicted octanol–water partition coefficient (Wildman–Crippen LogP) is 12.2. The standard InChI is InChI=1S/C59H41F3N16/c1-28-65-29(2)70-55(69-28)37-9-13-49-45(20-37)46-21-38(56-71-30(3)66-31(4)72-56)10-14-50(46)77(49)53-24-42(27-64)44(41-17-36(26-63)18-43(19-41)59(60,61)62)25-54(53)78-51-15-11-39(57-73-32(5)67-33(6)74-57)22-47(51)48-23-40(12-16-52(48)78)58-75-34(7)68-35(8)76-58/h9-25H,1-8H3. The molecule has 19 heteroatoms. The van der Waals surface area contributed by atoms with Gasteiger partial charge in [-0.15, -0.1) is 0 Å². The number of fused-ring (bicyclic) bond motifs is 6. The zero-order valence-electron chi connectivity index (χ0n) is 43.1. The lowest BCUT2D eigenvalue weighted by molar-refractivity contribution is -0.137. The van der Waals surface area contributed by atoms with Crippen LogP contribution >= 0.6 is 0 Å². The SMILES string of the molecule is Cc1nc(C)nc(-c2ccc3c(c2)c2cc(-c4nc(C)nc(C)n4)ccc2n3-c2cc(C#N)c(-c3cc(C#N)cc(C(F)(F)F)c3)cc2-n2c3ccc(-c4nc(C)nc(C)n4)cc3c3cc(-c4nc(C)nc(C)n4)ccc32)n1. The quantitative estimate of drug-likeness (QED) is 0.145. The molecule has 0 atom stereocenters. The van der Waals surface area contributed by atoms with Crippen molar-refractivity contribution in [3.8, 4) is 80.2 Å². The number of halogens is 3. The molecule has 0 saturated carbocycles. The van der Waals surface area contributed by atoms with Crippen molar-refractivity contribution in [3.63, 3.8) is 0 Å². The Morgan fingerprint density at radius 1 is 0.359 bits per heavy atom. The van der Waals surface area contributed by atoms with Gasteiger partial charge in [-0.3, -0.25) is 0 Å². The highest BCUT2D eigenvalue weighted by atomic mass is 19.4. The van der Waals surface area contributed by atoms with Gasteiger partial charge in [-0.2, -0.15) is 23.7 Å². The molecule has 0 aliphatic carbocycles. The van der Waals surface area contributed by atoms with Gasteiger partial charge in [-0.05, 0) is 164 Å². The largest absolute Gasteiger partial charge is 0.416 e. The van der Waals surface area contributed by atoms with E-state index in [1.807, 2.05) is 116 Å². The smallest absolute Gasteiger partial charge is 0.307 e. The summed E-state index contributed by atoms with van der Waals surface area (Å²) in [5.74, 6) is 6.32. The normalized spacial score (nSPS) is 11.8. The van der Waals surface area contributed by atoms with Crippen molar-refractivity contribution in [2.75, 3.05) is 0 Å². The molecule has 0 bridgehead atoms. The van der Waals surface area contributed by atoms with Gasteiger partial charge in [0.2, 0.25) is 0 Å². The number of rotatable bonds is 7. The fourth-order valence-corrected chi connectivity index (χ4v) is 10.4. The van der Waals surface area contributed by atoms with Crippen LogP contribution in [0.25, 0.3) is 112 Å². The summed E-state index contributed by atoms with van der Waals surface area (Å²) >= 11 is 0. The molecule has 16 nitrogen and oxygen atoms in total. The van der Waals surface area contributed by atoms with E-state index in [4.69, 9.17) is 39.9 Å². The van der Waals surface area contributed by atoms with Crippen molar-refractivity contribution < 1.29 is 13.2 Å². The zero-order chi connectivity index (χ0) is 54.5. The second-order valence-electron chi connectivity index (χ2n) is 19.0. The fraction of sp³-hybridized carbons (Fsp3) is 0.153. The number of benzene rings is 6. The van der Waals surface area contributed by atoms with E-state index in [0.29, 0.717) is 114 Å². The third kappa shape index (κ3) is 8.53. The molecule has 0 N–H and O–H groups in total. The van der Waals surface area contributed by atoms with Gasteiger partial charge in [-0.1, -0.05) is 0 Å². The first kappa shape index (κ1) is 48.7. The molecular formula is C59H41F3N16. The number of alkyl halides is 3. The minimum absolute atomic E-state index is 0.0274. The van der Waals surface area contributed by atoms with Gasteiger partial charge in [0.15, 0.2) is 23.3 Å². The average Bonchev–Trinajstić information content (AvgIpc) is 4.06. The molecule has 0 fully saturated rings. The summed E-state index contributed by atoms with van der Waals surface area (Å²) in [7, 11) is 0. The molecule has 0 spiro atoms. The summed E-state index contributed by atoms with van der Waals surface area (Å²) < 4.78 is 48.2. The van der Waals surface area contributed by atoms with Crippen molar-refractivity contribution in [1.82, 2.24) is 68.9 Å². The zero-order valence-corrected chi connectivity index (χ0v) is 43.1. The van der Waals surface area contributed by atoms with E-state index < -0.39 is 11.7 Å². The van der Waals surface area contributed by atoms with Crippen LogP contribution in [-0.2, 0) is 6.18 Å². The number of hydrogen-bond donors (Lipinski definition) is 0. The van der Waals surface area contributed by atoms with E-state index in [9.17, 15) is 23.7 Å². The van der Waals surface area contributed by atoms with Gasteiger partial charge >= 0.3 is 6.18 Å². The highest BCUT2D eigenvalue weighted by Gasteiger charge is 2.32. The molecular weight excluding hydrogens is 990 g/mol. The third-order valence-electron chi connectivity index (χ3n) is 13.4. The molecule has 378 valence electrons. The summed E-state index contributed by atoms with van der Waals surface area (Å²) in [5.41, 5.74) is 5.67. The number of hydrogen-bond acceptors (Lipinski definition) is 14. The summed E-state index contributed by atoms with van der Waals surface area (Å²) in [4.78, 5) is 55.3. The van der Waals surface area contributed by atoms with E-state index in [-0.39, 0.29) is 22.3 Å². The van der Waals surface area contributed by atoms with Crippen LogP contribution in [0.4, 0.5) is 13.2 Å². The van der Waals surface area contributed by atoms with Crippen LogP contribution in [0.3, 0.4) is 0 Å². The summed E-state index contributed by atoms with van der Waals surface area (Å²) in [6.07, 6.45) is -4.80. The van der Waals surface area contributed by atoms with Gasteiger partial charge in [0.05, 0.1) is 62.3 Å². The van der Waals surface area contributed by atoms with Crippen LogP contribution in [0, 0.1) is 78.1 Å². The molecule has 0 saturated heterocycles. The summed E-state index contributed by atoms with van der Waals surface area (Å²) in [6.45, 7) is 14.5. The monoisotopic (exact) mass is 1030 g/mol. The van der Waals surface area contributed by atoms with Crippen LogP contribution in [0.5, 0.6) is 0 Å². The molecule has 12 aromatic rings. The fourth-order valence-electron chi connectivity index (χ4n) is 10.4. The first-order chi connectivity index (χ1) is 37.4. The molecule has 78 heavy (non-hydrogen) atoms. The summed E-state index contributed by atoms with van der Waals surface area (Å²) in [6, 6.07) is 34.4. The molecule has 0 unspecified atom stereocenters. The van der Waals surface area contributed by atoms with Gasteiger partial charge < -0.3 is 9.13 Å². The van der Waals surface area contributed by atoms with E-state index in [1.165, 1.54) is 6.07 Å². The van der Waals surface area contributed by atoms with Crippen LogP contribution in [-0.4, -0.2) is 68.9 Å². The number of aromatic nitrogens is 14. The molecule has 6 aromatic carbocycles. The minimum Gasteiger partial charge on any atom is -0.307 e. The maximum Gasteiger partial charge on any atom is 0.416 e. The molecule has 0 aliphatic heterocycles. The van der Waals surface area contributed by atoms with Crippen LogP contribution in [0.15, 0.2) is 103 Å². The van der Waals surface area contributed by atoms with Crippen LogP contribution < -0.4 is 0 Å². The molecule has 0 radical (unpaired) electrons. The van der Waals surface area contributed by atoms with Crippen molar-refractivity contribution in [1.29, 1.82) is 10.5 Å².